The lowest BCUT2D eigenvalue weighted by molar-refractivity contribution is -0.139. The van der Waals surface area contributed by atoms with E-state index in [0.717, 1.165) is 0 Å². The molecule has 0 spiro atoms. The Labute approximate surface area is 372 Å². The Hall–Kier alpha value is -4.57. The highest BCUT2D eigenvalue weighted by atomic mass is 16.6. The summed E-state index contributed by atoms with van der Waals surface area (Å²) in [6.45, 7) is 28.0. The minimum Gasteiger partial charge on any atom is -0.459 e. The summed E-state index contributed by atoms with van der Waals surface area (Å²) in [5.74, 6) is -0.581. The molecule has 0 radical (unpaired) electrons. The van der Waals surface area contributed by atoms with Crippen molar-refractivity contribution < 1.29 is 38.1 Å². The van der Waals surface area contributed by atoms with Gasteiger partial charge >= 0.3 is 41.3 Å². The van der Waals surface area contributed by atoms with Gasteiger partial charge in [-0.3, -0.25) is 0 Å². The van der Waals surface area contributed by atoms with Crippen molar-refractivity contribution >= 4 is 24.2 Å². The van der Waals surface area contributed by atoms with Gasteiger partial charge in [0.25, 0.3) is 0 Å². The molecule has 1 heterocycles. The molecule has 6 atom stereocenters. The van der Waals surface area contributed by atoms with Crippen molar-refractivity contribution in [1.82, 2.24) is 29.7 Å². The number of carbonyl (C=O) groups is 4. The molecule has 0 saturated heterocycles. The summed E-state index contributed by atoms with van der Waals surface area (Å²) in [6, 6.07) is -1.86. The molecule has 0 bridgehead atoms. The standard InChI is InChI=1S/C46H76N6O11/c1-14-60-35(54)47-27-44(11)21-31(18-41(5,6)24-44)50-38(57)51(32-19-42(7,8)25-45(12,22-32)28-48-36(55)61-15-2)40(59)52(39(50)58)33-20-43(9,10)26-46(13,23-33)29-49-37(56)63-17-16-62-34(53)30(3)4/h31-33H,3,14-29H2,1-2,4-13H3,(H,47,54)(H,48,55)(H,49,56). The summed E-state index contributed by atoms with van der Waals surface area (Å²) in [7, 11) is 0. The number of nitrogens with one attached hydrogen (secondary N) is 3. The van der Waals surface area contributed by atoms with Gasteiger partial charge in [0.1, 0.15) is 13.2 Å². The lowest BCUT2D eigenvalue weighted by Crippen LogP contribution is -2.61. The summed E-state index contributed by atoms with van der Waals surface area (Å²) in [6.07, 6.45) is 2.84. The van der Waals surface area contributed by atoms with Crippen LogP contribution in [0.5, 0.6) is 0 Å². The fourth-order valence-electron chi connectivity index (χ4n) is 11.9. The molecule has 1 aromatic heterocycles. The molecule has 1 aromatic rings. The summed E-state index contributed by atoms with van der Waals surface area (Å²) in [5.41, 5.74) is -4.54. The molecule has 3 amide bonds. The number of carbonyl (C=O) groups excluding carboxylic acids is 4. The topological polar surface area (TPSA) is 207 Å². The average Bonchev–Trinajstić information content (AvgIpc) is 3.12. The third kappa shape index (κ3) is 13.5. The first kappa shape index (κ1) is 51.1. The van der Waals surface area contributed by atoms with E-state index in [4.69, 9.17) is 18.9 Å². The van der Waals surface area contributed by atoms with Crippen molar-refractivity contribution in [2.24, 2.45) is 32.5 Å². The Kier molecular flexibility index (Phi) is 15.9. The maximum atomic E-state index is 15.3. The van der Waals surface area contributed by atoms with Gasteiger partial charge in [-0.2, -0.15) is 0 Å². The molecule has 3 aliphatic rings. The molecule has 17 heteroatoms. The predicted octanol–water partition coefficient (Wildman–Crippen LogP) is 6.78. The molecule has 4 rings (SSSR count). The summed E-state index contributed by atoms with van der Waals surface area (Å²) in [5, 5.41) is 8.62. The fourth-order valence-corrected chi connectivity index (χ4v) is 11.9. The predicted molar refractivity (Wildman–Crippen MR) is 239 cm³/mol. The van der Waals surface area contributed by atoms with Gasteiger partial charge in [-0.1, -0.05) is 68.9 Å². The number of aromatic nitrogens is 3. The Morgan fingerprint density at radius 3 is 1.10 bits per heavy atom. The molecule has 6 unspecified atom stereocenters. The van der Waals surface area contributed by atoms with Crippen LogP contribution >= 0.6 is 0 Å². The first-order chi connectivity index (χ1) is 29.1. The molecule has 356 valence electrons. The van der Waals surface area contributed by atoms with Gasteiger partial charge < -0.3 is 34.9 Å². The highest BCUT2D eigenvalue weighted by molar-refractivity contribution is 5.86. The minimum absolute atomic E-state index is 0.130. The molecular formula is C46H76N6O11. The van der Waals surface area contributed by atoms with Gasteiger partial charge in [0, 0.05) is 43.3 Å². The highest BCUT2D eigenvalue weighted by Gasteiger charge is 2.48. The number of hydrogen-bond donors (Lipinski definition) is 3. The Morgan fingerprint density at radius 1 is 0.524 bits per heavy atom. The SMILES string of the molecule is C=C(C)C(=O)OCCOC(=O)NCC1(C)CC(n2c(=O)n(C3CC(C)(C)CC(C)(CNC(=O)OCC)C3)c(=O)n(C3CC(C)(C)CC(C)(CNC(=O)OCC)C3)c2=O)CC(C)(C)C1. The van der Waals surface area contributed by atoms with Crippen LogP contribution in [-0.2, 0) is 23.7 Å². The van der Waals surface area contributed by atoms with Gasteiger partial charge in [-0.15, -0.1) is 0 Å². The van der Waals surface area contributed by atoms with Crippen LogP contribution < -0.4 is 33.0 Å². The van der Waals surface area contributed by atoms with Crippen LogP contribution in [0.15, 0.2) is 26.5 Å². The Morgan fingerprint density at radius 2 is 0.810 bits per heavy atom. The van der Waals surface area contributed by atoms with Gasteiger partial charge in [0.05, 0.1) is 13.2 Å². The highest BCUT2D eigenvalue weighted by Crippen LogP contribution is 2.52. The van der Waals surface area contributed by atoms with Gasteiger partial charge in [-0.05, 0) is 111 Å². The van der Waals surface area contributed by atoms with Crippen molar-refractivity contribution in [2.45, 2.75) is 159 Å². The van der Waals surface area contributed by atoms with Crippen LogP contribution in [0.1, 0.15) is 159 Å². The zero-order valence-corrected chi connectivity index (χ0v) is 40.1. The fraction of sp³-hybridized carbons (Fsp3) is 0.804. The van der Waals surface area contributed by atoms with Crippen molar-refractivity contribution in [1.29, 1.82) is 0 Å². The first-order valence-corrected chi connectivity index (χ1v) is 22.6. The number of rotatable bonds is 15. The van der Waals surface area contributed by atoms with E-state index >= 15 is 14.4 Å². The third-order valence-electron chi connectivity index (χ3n) is 13.0. The van der Waals surface area contributed by atoms with Crippen LogP contribution in [0.25, 0.3) is 0 Å². The maximum absolute atomic E-state index is 15.3. The molecule has 0 aromatic carbocycles. The van der Waals surface area contributed by atoms with Crippen molar-refractivity contribution in [2.75, 3.05) is 46.1 Å². The normalized spacial score (nSPS) is 28.5. The summed E-state index contributed by atoms with van der Waals surface area (Å²) < 4.78 is 24.6. The van der Waals surface area contributed by atoms with E-state index in [2.05, 4.69) is 64.1 Å². The van der Waals surface area contributed by atoms with Crippen molar-refractivity contribution in [3.05, 3.63) is 43.6 Å². The largest absolute Gasteiger partial charge is 0.459 e. The van der Waals surface area contributed by atoms with Crippen LogP contribution in [0, 0.1) is 32.5 Å². The van der Waals surface area contributed by atoms with E-state index in [9.17, 15) is 19.2 Å². The lowest BCUT2D eigenvalue weighted by atomic mass is 9.62. The molecule has 63 heavy (non-hydrogen) atoms. The number of ether oxygens (including phenoxy) is 4. The van der Waals surface area contributed by atoms with E-state index in [1.165, 1.54) is 20.6 Å². The maximum Gasteiger partial charge on any atom is 0.407 e. The summed E-state index contributed by atoms with van der Waals surface area (Å²) >= 11 is 0. The first-order valence-electron chi connectivity index (χ1n) is 22.6. The molecule has 0 aliphatic heterocycles. The molecular weight excluding hydrogens is 813 g/mol. The number of amides is 3. The van der Waals surface area contributed by atoms with Crippen LogP contribution in [-0.4, -0.2) is 84.0 Å². The minimum atomic E-state index is -0.698. The Bertz CT molecular complexity index is 1950. The van der Waals surface area contributed by atoms with Crippen molar-refractivity contribution in [3.8, 4) is 0 Å². The number of nitrogens with zero attached hydrogens (tertiary/aromatic N) is 3. The lowest BCUT2D eigenvalue weighted by Gasteiger charge is -2.49. The zero-order chi connectivity index (χ0) is 47.3. The second-order valence-electron chi connectivity index (χ2n) is 22.2. The van der Waals surface area contributed by atoms with E-state index in [1.807, 2.05) is 20.8 Å². The van der Waals surface area contributed by atoms with E-state index in [-0.39, 0.29) is 62.5 Å². The second kappa shape index (κ2) is 19.7. The second-order valence-corrected chi connectivity index (χ2v) is 22.2. The molecule has 3 fully saturated rings. The smallest absolute Gasteiger partial charge is 0.407 e. The van der Waals surface area contributed by atoms with E-state index < -0.39 is 81.1 Å². The molecule has 3 saturated carbocycles. The number of alkyl carbamates (subject to hydrolysis) is 3. The van der Waals surface area contributed by atoms with Gasteiger partial charge in [0.2, 0.25) is 0 Å². The van der Waals surface area contributed by atoms with Crippen LogP contribution in [0.4, 0.5) is 14.4 Å². The van der Waals surface area contributed by atoms with Crippen LogP contribution in [0.3, 0.4) is 0 Å². The molecule has 3 N–H and O–H groups in total. The van der Waals surface area contributed by atoms with E-state index in [0.29, 0.717) is 57.8 Å². The van der Waals surface area contributed by atoms with E-state index in [1.54, 1.807) is 13.8 Å². The molecule has 3 aliphatic carbocycles. The third-order valence-corrected chi connectivity index (χ3v) is 13.0. The quantitative estimate of drug-likeness (QED) is 0.0724. The number of hydrogen-bond acceptors (Lipinski definition) is 11. The van der Waals surface area contributed by atoms with Crippen LogP contribution in [0.2, 0.25) is 0 Å². The van der Waals surface area contributed by atoms with Gasteiger partial charge in [0.15, 0.2) is 0 Å². The Balaban J connectivity index is 1.82. The molecule has 17 nitrogen and oxygen atoms in total. The average molecular weight is 889 g/mol. The van der Waals surface area contributed by atoms with Crippen molar-refractivity contribution in [3.63, 3.8) is 0 Å². The monoisotopic (exact) mass is 889 g/mol. The summed E-state index contributed by atoms with van der Waals surface area (Å²) in [4.78, 5) is 95.3. The number of esters is 1. The zero-order valence-electron chi connectivity index (χ0n) is 40.1. The van der Waals surface area contributed by atoms with Gasteiger partial charge in [-0.25, -0.2) is 47.3 Å².